The number of hydrogen-bond donors (Lipinski definition) is 0. The molecule has 3 rings (SSSR count). The van der Waals surface area contributed by atoms with E-state index in [9.17, 15) is 0 Å². The Hall–Kier alpha value is -1.36. The molecule has 5 heteroatoms. The Bertz CT molecular complexity index is 664. The van der Waals surface area contributed by atoms with Crippen molar-refractivity contribution < 1.29 is 0 Å². The summed E-state index contributed by atoms with van der Waals surface area (Å²) in [6.07, 6.45) is 1.93. The van der Waals surface area contributed by atoms with Crippen molar-refractivity contribution in [3.8, 4) is 0 Å². The third-order valence-electron chi connectivity index (χ3n) is 3.89. The van der Waals surface area contributed by atoms with Crippen LogP contribution in [0.4, 0.5) is 0 Å². The molecular formula is C18H19BrClN3. The molecule has 0 bridgehead atoms. The molecule has 2 aromatic carbocycles. The lowest BCUT2D eigenvalue weighted by Gasteiger charge is -2.33. The van der Waals surface area contributed by atoms with Crippen molar-refractivity contribution in [3.05, 3.63) is 69.2 Å². The van der Waals surface area contributed by atoms with Crippen LogP contribution in [0.15, 0.2) is 58.1 Å². The minimum Gasteiger partial charge on any atom is -0.295 e. The van der Waals surface area contributed by atoms with E-state index in [2.05, 4.69) is 55.2 Å². The summed E-state index contributed by atoms with van der Waals surface area (Å²) in [4.78, 5) is 2.45. The summed E-state index contributed by atoms with van der Waals surface area (Å²) in [5, 5.41) is 7.52. The Labute approximate surface area is 150 Å². The Kier molecular flexibility index (Phi) is 5.70. The highest BCUT2D eigenvalue weighted by Gasteiger charge is 2.15. The van der Waals surface area contributed by atoms with Crippen molar-refractivity contribution in [2.45, 2.75) is 6.54 Å². The number of piperazine rings is 1. The van der Waals surface area contributed by atoms with Crippen LogP contribution < -0.4 is 0 Å². The van der Waals surface area contributed by atoms with Crippen LogP contribution in [0.3, 0.4) is 0 Å². The molecule has 1 fully saturated rings. The third kappa shape index (κ3) is 5.06. The monoisotopic (exact) mass is 391 g/mol. The third-order valence-corrected chi connectivity index (χ3v) is 4.63. The summed E-state index contributed by atoms with van der Waals surface area (Å²) in [6, 6.07) is 16.3. The molecule has 3 nitrogen and oxygen atoms in total. The number of rotatable bonds is 4. The summed E-state index contributed by atoms with van der Waals surface area (Å²) in [5.74, 6) is 0. The smallest absolute Gasteiger partial charge is 0.0543 e. The molecule has 0 aliphatic carbocycles. The van der Waals surface area contributed by atoms with E-state index in [0.29, 0.717) is 0 Å². The number of hydrazone groups is 1. The maximum Gasteiger partial charge on any atom is 0.0543 e. The second-order valence-electron chi connectivity index (χ2n) is 5.66. The first kappa shape index (κ1) is 16.5. The van der Waals surface area contributed by atoms with E-state index < -0.39 is 0 Å². The summed E-state index contributed by atoms with van der Waals surface area (Å²) in [5.41, 5.74) is 2.42. The predicted octanol–water partition coefficient (Wildman–Crippen LogP) is 4.25. The first-order chi connectivity index (χ1) is 11.2. The molecule has 1 saturated heterocycles. The van der Waals surface area contributed by atoms with E-state index in [1.54, 1.807) is 0 Å². The molecule has 0 amide bonds. The van der Waals surface area contributed by atoms with Crippen molar-refractivity contribution in [3.63, 3.8) is 0 Å². The maximum absolute atomic E-state index is 5.93. The molecule has 0 atom stereocenters. The van der Waals surface area contributed by atoms with Crippen molar-refractivity contribution in [1.29, 1.82) is 0 Å². The van der Waals surface area contributed by atoms with Crippen molar-refractivity contribution in [2.75, 3.05) is 26.2 Å². The molecule has 0 aromatic heterocycles. The van der Waals surface area contributed by atoms with E-state index in [1.165, 1.54) is 5.56 Å². The average molecular weight is 393 g/mol. The van der Waals surface area contributed by atoms with Gasteiger partial charge in [0, 0.05) is 42.2 Å². The molecule has 2 aromatic rings. The minimum absolute atomic E-state index is 0.792. The van der Waals surface area contributed by atoms with Gasteiger partial charge in [0.2, 0.25) is 0 Å². The first-order valence-corrected chi connectivity index (χ1v) is 8.87. The SMILES string of the molecule is Clc1ccc(CN2CCN(N=Cc3cccc(Br)c3)CC2)cc1. The fourth-order valence-corrected chi connectivity index (χ4v) is 3.14. The van der Waals surface area contributed by atoms with Crippen molar-refractivity contribution in [2.24, 2.45) is 5.10 Å². The van der Waals surface area contributed by atoms with Crippen LogP contribution in [0.1, 0.15) is 11.1 Å². The fourth-order valence-electron chi connectivity index (χ4n) is 2.59. The summed E-state index contributed by atoms with van der Waals surface area (Å²) in [6.45, 7) is 4.94. The van der Waals surface area contributed by atoms with Crippen LogP contribution in [0.2, 0.25) is 5.02 Å². The van der Waals surface area contributed by atoms with Gasteiger partial charge in [-0.2, -0.15) is 5.10 Å². The highest BCUT2D eigenvalue weighted by atomic mass is 79.9. The van der Waals surface area contributed by atoms with Crippen LogP contribution in [0.25, 0.3) is 0 Å². The van der Waals surface area contributed by atoms with Gasteiger partial charge in [0.15, 0.2) is 0 Å². The van der Waals surface area contributed by atoms with Crippen LogP contribution in [0.5, 0.6) is 0 Å². The highest BCUT2D eigenvalue weighted by Crippen LogP contribution is 2.13. The van der Waals surface area contributed by atoms with Gasteiger partial charge < -0.3 is 0 Å². The lowest BCUT2D eigenvalue weighted by Crippen LogP contribution is -2.43. The second-order valence-corrected chi connectivity index (χ2v) is 7.01. The van der Waals surface area contributed by atoms with Crippen LogP contribution >= 0.6 is 27.5 Å². The van der Waals surface area contributed by atoms with E-state index in [4.69, 9.17) is 11.6 Å². The Morgan fingerprint density at radius 2 is 1.78 bits per heavy atom. The molecule has 1 aliphatic rings. The molecule has 0 radical (unpaired) electrons. The quantitative estimate of drug-likeness (QED) is 0.724. The largest absolute Gasteiger partial charge is 0.295 e. The summed E-state index contributed by atoms with van der Waals surface area (Å²) < 4.78 is 1.08. The van der Waals surface area contributed by atoms with Crippen molar-refractivity contribution >= 4 is 33.7 Å². The topological polar surface area (TPSA) is 18.8 Å². The molecule has 0 spiro atoms. The van der Waals surface area contributed by atoms with Crippen LogP contribution in [-0.2, 0) is 6.54 Å². The van der Waals surface area contributed by atoms with Gasteiger partial charge in [0.05, 0.1) is 6.21 Å². The number of hydrogen-bond acceptors (Lipinski definition) is 3. The zero-order valence-corrected chi connectivity index (χ0v) is 15.2. The predicted molar refractivity (Wildman–Crippen MR) is 100 cm³/mol. The second kappa shape index (κ2) is 7.95. The van der Waals surface area contributed by atoms with E-state index >= 15 is 0 Å². The van der Waals surface area contributed by atoms with Crippen LogP contribution in [0, 0.1) is 0 Å². The van der Waals surface area contributed by atoms with Crippen molar-refractivity contribution in [1.82, 2.24) is 9.91 Å². The molecule has 1 aliphatic heterocycles. The summed E-state index contributed by atoms with van der Waals surface area (Å²) >= 11 is 9.41. The van der Waals surface area contributed by atoms with E-state index in [1.807, 2.05) is 30.5 Å². The Morgan fingerprint density at radius 1 is 1.04 bits per heavy atom. The number of halogens is 2. The Morgan fingerprint density at radius 3 is 2.48 bits per heavy atom. The van der Waals surface area contributed by atoms with Gasteiger partial charge >= 0.3 is 0 Å². The van der Waals surface area contributed by atoms with Gasteiger partial charge in [0.25, 0.3) is 0 Å². The lowest BCUT2D eigenvalue weighted by molar-refractivity contribution is 0.131. The molecule has 0 unspecified atom stereocenters. The summed E-state index contributed by atoms with van der Waals surface area (Å²) in [7, 11) is 0. The number of benzene rings is 2. The average Bonchev–Trinajstić information content (AvgIpc) is 2.56. The van der Waals surface area contributed by atoms with E-state index in [-0.39, 0.29) is 0 Å². The Balaban J connectivity index is 1.49. The lowest BCUT2D eigenvalue weighted by atomic mass is 10.2. The normalized spacial score (nSPS) is 16.2. The minimum atomic E-state index is 0.792. The molecule has 1 heterocycles. The molecular weight excluding hydrogens is 374 g/mol. The van der Waals surface area contributed by atoms with Gasteiger partial charge in [-0.05, 0) is 35.4 Å². The standard InChI is InChI=1S/C18H19BrClN3/c19-17-3-1-2-16(12-17)13-21-23-10-8-22(9-11-23)14-15-4-6-18(20)7-5-15/h1-7,12-13H,8-11,14H2. The first-order valence-electron chi connectivity index (χ1n) is 7.70. The zero-order valence-electron chi connectivity index (χ0n) is 12.8. The molecule has 120 valence electrons. The molecule has 0 N–H and O–H groups in total. The zero-order chi connectivity index (χ0) is 16.1. The van der Waals surface area contributed by atoms with Crippen LogP contribution in [-0.4, -0.2) is 42.3 Å². The van der Waals surface area contributed by atoms with Gasteiger partial charge in [-0.15, -0.1) is 0 Å². The van der Waals surface area contributed by atoms with E-state index in [0.717, 1.165) is 47.8 Å². The highest BCUT2D eigenvalue weighted by molar-refractivity contribution is 9.10. The van der Waals surface area contributed by atoms with Gasteiger partial charge in [-0.3, -0.25) is 9.91 Å². The van der Waals surface area contributed by atoms with Gasteiger partial charge in [-0.1, -0.05) is 51.8 Å². The van der Waals surface area contributed by atoms with Gasteiger partial charge in [0.1, 0.15) is 0 Å². The fraction of sp³-hybridized carbons (Fsp3) is 0.278. The maximum atomic E-state index is 5.93. The number of nitrogens with zero attached hydrogens (tertiary/aromatic N) is 3. The molecule has 0 saturated carbocycles. The van der Waals surface area contributed by atoms with Gasteiger partial charge in [-0.25, -0.2) is 0 Å². The molecule has 23 heavy (non-hydrogen) atoms.